The number of ether oxygens (including phenoxy) is 2. The van der Waals surface area contributed by atoms with Crippen molar-refractivity contribution in [1.82, 2.24) is 4.90 Å². The summed E-state index contributed by atoms with van der Waals surface area (Å²) in [6.45, 7) is 0.259. The summed E-state index contributed by atoms with van der Waals surface area (Å²) in [7, 11) is 1.51. The van der Waals surface area contributed by atoms with Gasteiger partial charge in [0.2, 0.25) is 0 Å². The first-order chi connectivity index (χ1) is 17.5. The number of carbonyl (C=O) groups excluding carboxylic acids is 2. The van der Waals surface area contributed by atoms with Crippen LogP contribution >= 0.6 is 11.8 Å². The first-order valence-corrected chi connectivity index (χ1v) is 12.1. The fourth-order valence-corrected chi connectivity index (χ4v) is 4.81. The molecule has 0 N–H and O–H groups in total. The van der Waals surface area contributed by atoms with Crippen LogP contribution < -0.4 is 9.47 Å². The van der Waals surface area contributed by atoms with E-state index in [2.05, 4.69) is 0 Å². The van der Waals surface area contributed by atoms with Crippen LogP contribution in [0.4, 0.5) is 9.18 Å². The lowest BCUT2D eigenvalue weighted by atomic mass is 10.1. The standard InChI is InChI=1S/C29H22FNO4S/c1-34-26-15-19(11-13-25(26)35-18-23-8-4-5-9-24(23)30)16-27-28(32)31(29(33)36-27)17-20-10-12-21-6-2-3-7-22(21)14-20/h2-16H,17-18H2,1H3/b27-16-. The van der Waals surface area contributed by atoms with E-state index in [1.54, 1.807) is 42.5 Å². The second kappa shape index (κ2) is 10.3. The topological polar surface area (TPSA) is 55.8 Å². The molecule has 0 saturated carbocycles. The summed E-state index contributed by atoms with van der Waals surface area (Å²) >= 11 is 0.911. The maximum absolute atomic E-state index is 13.9. The molecule has 0 radical (unpaired) electrons. The van der Waals surface area contributed by atoms with Crippen LogP contribution in [-0.2, 0) is 17.9 Å². The lowest BCUT2D eigenvalue weighted by molar-refractivity contribution is -0.123. The van der Waals surface area contributed by atoms with E-state index in [1.165, 1.54) is 18.1 Å². The van der Waals surface area contributed by atoms with E-state index in [0.717, 1.165) is 28.1 Å². The average molecular weight is 500 g/mol. The number of hydrogen-bond donors (Lipinski definition) is 0. The third-order valence-corrected chi connectivity index (χ3v) is 6.76. The molecule has 0 unspecified atom stereocenters. The van der Waals surface area contributed by atoms with Crippen molar-refractivity contribution >= 4 is 39.8 Å². The van der Waals surface area contributed by atoms with Crippen LogP contribution in [0.5, 0.6) is 11.5 Å². The summed E-state index contributed by atoms with van der Waals surface area (Å²) in [5.74, 6) is 0.210. The number of rotatable bonds is 7. The number of benzene rings is 4. The maximum Gasteiger partial charge on any atom is 0.293 e. The molecule has 7 heteroatoms. The summed E-state index contributed by atoms with van der Waals surface area (Å²) in [5.41, 5.74) is 2.00. The number of fused-ring (bicyclic) bond motifs is 1. The van der Waals surface area contributed by atoms with E-state index in [9.17, 15) is 14.0 Å². The molecule has 0 aromatic heterocycles. The van der Waals surface area contributed by atoms with E-state index < -0.39 is 0 Å². The molecule has 0 bridgehead atoms. The normalized spacial score (nSPS) is 14.6. The molecule has 0 spiro atoms. The molecule has 1 aliphatic heterocycles. The Labute approximate surface area is 212 Å². The zero-order valence-corrected chi connectivity index (χ0v) is 20.3. The van der Waals surface area contributed by atoms with Gasteiger partial charge < -0.3 is 9.47 Å². The Bertz CT molecular complexity index is 1500. The van der Waals surface area contributed by atoms with Gasteiger partial charge in [-0.15, -0.1) is 0 Å². The quantitative estimate of drug-likeness (QED) is 0.262. The highest BCUT2D eigenvalue weighted by molar-refractivity contribution is 8.18. The number of thioether (sulfide) groups is 1. The molecular formula is C29H22FNO4S. The molecule has 4 aromatic carbocycles. The van der Waals surface area contributed by atoms with Crippen molar-refractivity contribution in [1.29, 1.82) is 0 Å². The van der Waals surface area contributed by atoms with Gasteiger partial charge in [0.05, 0.1) is 18.6 Å². The van der Waals surface area contributed by atoms with Crippen LogP contribution in [0, 0.1) is 5.82 Å². The van der Waals surface area contributed by atoms with Gasteiger partial charge in [0.1, 0.15) is 12.4 Å². The molecule has 1 aliphatic rings. The molecule has 0 aliphatic carbocycles. The number of hydrogen-bond acceptors (Lipinski definition) is 5. The third-order valence-electron chi connectivity index (χ3n) is 5.85. The Morgan fingerprint density at radius 2 is 1.67 bits per heavy atom. The van der Waals surface area contributed by atoms with Gasteiger partial charge in [-0.25, -0.2) is 4.39 Å². The number of carbonyl (C=O) groups is 2. The molecule has 36 heavy (non-hydrogen) atoms. The zero-order chi connectivity index (χ0) is 25.1. The van der Waals surface area contributed by atoms with Gasteiger partial charge in [0.15, 0.2) is 11.5 Å². The maximum atomic E-state index is 13.9. The van der Waals surface area contributed by atoms with Gasteiger partial charge in [0, 0.05) is 5.56 Å². The Kier molecular flexibility index (Phi) is 6.73. The molecule has 4 aromatic rings. The smallest absolute Gasteiger partial charge is 0.293 e. The number of nitrogens with zero attached hydrogens (tertiary/aromatic N) is 1. The molecule has 5 rings (SSSR count). The Balaban J connectivity index is 1.31. The summed E-state index contributed by atoms with van der Waals surface area (Å²) in [4.78, 5) is 27.2. The molecule has 2 amide bonds. The van der Waals surface area contributed by atoms with Crippen molar-refractivity contribution in [3.05, 3.63) is 112 Å². The number of halogens is 1. The fourth-order valence-electron chi connectivity index (χ4n) is 3.97. The number of amides is 2. The monoisotopic (exact) mass is 499 g/mol. The first-order valence-electron chi connectivity index (χ1n) is 11.3. The first kappa shape index (κ1) is 23.6. The molecule has 180 valence electrons. The van der Waals surface area contributed by atoms with Gasteiger partial charge in [0.25, 0.3) is 11.1 Å². The van der Waals surface area contributed by atoms with Crippen LogP contribution in [0.2, 0.25) is 0 Å². The second-order valence-electron chi connectivity index (χ2n) is 8.24. The van der Waals surface area contributed by atoms with Crippen molar-refractivity contribution in [2.24, 2.45) is 0 Å². The highest BCUT2D eigenvalue weighted by Crippen LogP contribution is 2.35. The predicted molar refractivity (Wildman–Crippen MR) is 139 cm³/mol. The summed E-state index contributed by atoms with van der Waals surface area (Å²) in [6.07, 6.45) is 1.66. The average Bonchev–Trinajstić information content (AvgIpc) is 3.15. The highest BCUT2D eigenvalue weighted by Gasteiger charge is 2.35. The minimum Gasteiger partial charge on any atom is -0.493 e. The van der Waals surface area contributed by atoms with Crippen molar-refractivity contribution in [3.63, 3.8) is 0 Å². The fraction of sp³-hybridized carbons (Fsp3) is 0.103. The number of methoxy groups -OCH3 is 1. The lowest BCUT2D eigenvalue weighted by Gasteiger charge is -2.13. The van der Waals surface area contributed by atoms with Gasteiger partial charge in [-0.1, -0.05) is 60.7 Å². The van der Waals surface area contributed by atoms with Crippen LogP contribution in [-0.4, -0.2) is 23.2 Å². The van der Waals surface area contributed by atoms with Crippen LogP contribution in [0.1, 0.15) is 16.7 Å². The van der Waals surface area contributed by atoms with Gasteiger partial charge in [-0.3, -0.25) is 14.5 Å². The van der Waals surface area contributed by atoms with Gasteiger partial charge >= 0.3 is 0 Å². The molecule has 5 nitrogen and oxygen atoms in total. The van der Waals surface area contributed by atoms with Crippen molar-refractivity contribution in [2.75, 3.05) is 7.11 Å². The third kappa shape index (κ3) is 4.97. The predicted octanol–water partition coefficient (Wildman–Crippen LogP) is 6.80. The molecule has 1 fully saturated rings. The van der Waals surface area contributed by atoms with Crippen molar-refractivity contribution in [2.45, 2.75) is 13.2 Å². The summed E-state index contributed by atoms with van der Waals surface area (Å²) < 4.78 is 25.1. The minimum absolute atomic E-state index is 0.0516. The minimum atomic E-state index is -0.340. The molecule has 1 saturated heterocycles. The second-order valence-corrected chi connectivity index (χ2v) is 9.23. The Morgan fingerprint density at radius 3 is 2.47 bits per heavy atom. The number of imide groups is 1. The highest BCUT2D eigenvalue weighted by atomic mass is 32.2. The van der Waals surface area contributed by atoms with E-state index in [0.29, 0.717) is 27.5 Å². The largest absolute Gasteiger partial charge is 0.493 e. The van der Waals surface area contributed by atoms with E-state index in [1.807, 2.05) is 42.5 Å². The van der Waals surface area contributed by atoms with Crippen molar-refractivity contribution in [3.8, 4) is 11.5 Å². The van der Waals surface area contributed by atoms with E-state index in [-0.39, 0.29) is 30.1 Å². The Hall–Kier alpha value is -4.10. The summed E-state index contributed by atoms with van der Waals surface area (Å²) in [6, 6.07) is 25.4. The van der Waals surface area contributed by atoms with Crippen molar-refractivity contribution < 1.29 is 23.5 Å². The van der Waals surface area contributed by atoms with E-state index in [4.69, 9.17) is 9.47 Å². The lowest BCUT2D eigenvalue weighted by Crippen LogP contribution is -2.27. The molecular weight excluding hydrogens is 477 g/mol. The van der Waals surface area contributed by atoms with Gasteiger partial charge in [-0.05, 0) is 64.0 Å². The van der Waals surface area contributed by atoms with Gasteiger partial charge in [-0.2, -0.15) is 0 Å². The molecule has 1 heterocycles. The van der Waals surface area contributed by atoms with Crippen LogP contribution in [0.3, 0.4) is 0 Å². The SMILES string of the molecule is COc1cc(/C=C2\SC(=O)N(Cc3ccc4ccccc4c3)C2=O)ccc1OCc1ccccc1F. The zero-order valence-electron chi connectivity index (χ0n) is 19.4. The van der Waals surface area contributed by atoms with E-state index >= 15 is 0 Å². The summed E-state index contributed by atoms with van der Waals surface area (Å²) in [5, 5.41) is 1.85. The van der Waals surface area contributed by atoms with Crippen LogP contribution in [0.15, 0.2) is 89.8 Å². The Morgan fingerprint density at radius 1 is 0.889 bits per heavy atom. The molecule has 0 atom stereocenters. The van der Waals surface area contributed by atoms with Crippen LogP contribution in [0.25, 0.3) is 16.8 Å².